The number of nitrogens with zero attached hydrogens (tertiary/aromatic N) is 2. The van der Waals surface area contributed by atoms with E-state index >= 15 is 0 Å². The highest BCUT2D eigenvalue weighted by molar-refractivity contribution is 6.30. The number of rotatable bonds is 3. The number of hydrazine groups is 1. The Bertz CT molecular complexity index is 455. The predicted octanol–water partition coefficient (Wildman–Crippen LogP) is 1.99. The van der Waals surface area contributed by atoms with Crippen molar-refractivity contribution in [3.8, 4) is 0 Å². The number of pyridine rings is 1. The topological polar surface area (TPSA) is 59.2 Å². The molecule has 0 bridgehead atoms. The highest BCUT2D eigenvalue weighted by Crippen LogP contribution is 2.50. The van der Waals surface area contributed by atoms with Crippen molar-refractivity contribution in [1.29, 1.82) is 0 Å². The van der Waals surface area contributed by atoms with Gasteiger partial charge in [-0.25, -0.2) is 24.6 Å². The summed E-state index contributed by atoms with van der Waals surface area (Å²) in [6, 6.07) is 2.92. The lowest BCUT2D eigenvalue weighted by atomic mass is 10.2. The van der Waals surface area contributed by atoms with Crippen LogP contribution in [-0.2, 0) is 4.79 Å². The molecule has 2 N–H and O–H groups in total. The van der Waals surface area contributed by atoms with E-state index in [0.29, 0.717) is 5.02 Å². The zero-order valence-corrected chi connectivity index (χ0v) is 9.49. The molecule has 0 aromatic carbocycles. The van der Waals surface area contributed by atoms with Gasteiger partial charge in [-0.15, -0.1) is 0 Å². The van der Waals surface area contributed by atoms with E-state index in [1.807, 2.05) is 0 Å². The van der Waals surface area contributed by atoms with E-state index in [1.54, 1.807) is 0 Å². The third kappa shape index (κ3) is 2.70. The van der Waals surface area contributed by atoms with Gasteiger partial charge in [0.1, 0.15) is 0 Å². The second-order valence-corrected chi connectivity index (χ2v) is 4.40. The van der Waals surface area contributed by atoms with Crippen LogP contribution in [0.15, 0.2) is 18.3 Å². The number of hydrogen-bond acceptors (Lipinski definition) is 3. The summed E-state index contributed by atoms with van der Waals surface area (Å²) in [5.74, 6) is 1.41. The van der Waals surface area contributed by atoms with Gasteiger partial charge in [0.25, 0.3) is 5.92 Å². The number of halogens is 3. The van der Waals surface area contributed by atoms with Crippen LogP contribution >= 0.6 is 11.6 Å². The normalized spacial score (nSPS) is 21.1. The number of nitrogens with two attached hydrogens (primary N) is 1. The summed E-state index contributed by atoms with van der Waals surface area (Å²) < 4.78 is 25.3. The van der Waals surface area contributed by atoms with E-state index in [9.17, 15) is 13.6 Å². The molecule has 1 aliphatic carbocycles. The third-order valence-electron chi connectivity index (χ3n) is 2.60. The van der Waals surface area contributed by atoms with Crippen LogP contribution in [0, 0.1) is 5.92 Å². The first-order chi connectivity index (χ1) is 7.90. The molecule has 1 atom stereocenters. The largest absolute Gasteiger partial charge is 0.273 e. The third-order valence-corrected chi connectivity index (χ3v) is 2.83. The number of carbonyl (C=O) groups is 1. The Balaban J connectivity index is 2.00. The molecule has 0 spiro atoms. The van der Waals surface area contributed by atoms with Gasteiger partial charge in [0.2, 0.25) is 5.91 Å². The summed E-state index contributed by atoms with van der Waals surface area (Å²) in [7, 11) is 0. The summed E-state index contributed by atoms with van der Waals surface area (Å²) in [5, 5.41) is 1.12. The molecular formula is C10H10ClF2N3O. The van der Waals surface area contributed by atoms with Gasteiger partial charge in [-0.2, -0.15) is 0 Å². The minimum absolute atomic E-state index is 0.145. The highest BCUT2D eigenvalue weighted by Gasteiger charge is 2.57. The summed E-state index contributed by atoms with van der Waals surface area (Å²) >= 11 is 5.70. The van der Waals surface area contributed by atoms with Gasteiger partial charge in [0.15, 0.2) is 5.82 Å². The van der Waals surface area contributed by atoms with Crippen LogP contribution < -0.4 is 10.9 Å². The molecule has 1 aromatic rings. The molecule has 1 fully saturated rings. The Hall–Kier alpha value is -1.27. The lowest BCUT2D eigenvalue weighted by molar-refractivity contribution is -0.119. The molecule has 0 radical (unpaired) electrons. The zero-order chi connectivity index (χ0) is 12.6. The summed E-state index contributed by atoms with van der Waals surface area (Å²) in [5.41, 5.74) is 0. The van der Waals surface area contributed by atoms with E-state index in [1.165, 1.54) is 18.3 Å². The molecule has 1 unspecified atom stereocenters. The van der Waals surface area contributed by atoms with E-state index in [4.69, 9.17) is 17.4 Å². The van der Waals surface area contributed by atoms with Crippen molar-refractivity contribution in [2.75, 3.05) is 5.01 Å². The number of aromatic nitrogens is 1. The molecule has 1 amide bonds. The first-order valence-corrected chi connectivity index (χ1v) is 5.35. The van der Waals surface area contributed by atoms with Gasteiger partial charge in [0, 0.05) is 36.0 Å². The van der Waals surface area contributed by atoms with Gasteiger partial charge in [-0.1, -0.05) is 11.6 Å². The molecule has 92 valence electrons. The number of alkyl halides is 2. The summed E-state index contributed by atoms with van der Waals surface area (Å²) in [6.45, 7) is 0. The average molecular weight is 262 g/mol. The second kappa shape index (κ2) is 4.19. The highest BCUT2D eigenvalue weighted by atomic mass is 35.5. The van der Waals surface area contributed by atoms with E-state index in [2.05, 4.69) is 4.98 Å². The molecule has 1 saturated carbocycles. The minimum Gasteiger partial charge on any atom is -0.273 e. The lowest BCUT2D eigenvalue weighted by Gasteiger charge is -2.15. The summed E-state index contributed by atoms with van der Waals surface area (Å²) in [4.78, 5) is 15.4. The maximum Gasteiger partial charge on any atom is 0.252 e. The average Bonchev–Trinajstić information content (AvgIpc) is 2.84. The minimum atomic E-state index is -2.72. The Morgan fingerprint density at radius 3 is 2.88 bits per heavy atom. The van der Waals surface area contributed by atoms with Crippen molar-refractivity contribution in [2.45, 2.75) is 18.8 Å². The number of carbonyl (C=O) groups excluding carboxylic acids is 1. The van der Waals surface area contributed by atoms with Gasteiger partial charge in [-0.3, -0.25) is 4.79 Å². The maximum absolute atomic E-state index is 12.6. The van der Waals surface area contributed by atoms with E-state index in [-0.39, 0.29) is 18.7 Å². The van der Waals surface area contributed by atoms with Crippen LogP contribution in [0.2, 0.25) is 5.02 Å². The summed E-state index contributed by atoms with van der Waals surface area (Å²) in [6.07, 6.45) is 0.851. The molecule has 7 heteroatoms. The quantitative estimate of drug-likeness (QED) is 0.514. The Morgan fingerprint density at radius 1 is 1.71 bits per heavy atom. The molecule has 4 nitrogen and oxygen atoms in total. The molecular weight excluding hydrogens is 252 g/mol. The lowest BCUT2D eigenvalue weighted by Crippen LogP contribution is -2.38. The monoisotopic (exact) mass is 261 g/mol. The van der Waals surface area contributed by atoms with Crippen LogP contribution in [0.1, 0.15) is 12.8 Å². The fraction of sp³-hybridized carbons (Fsp3) is 0.400. The number of anilines is 1. The van der Waals surface area contributed by atoms with E-state index < -0.39 is 17.7 Å². The van der Waals surface area contributed by atoms with Gasteiger partial charge in [-0.05, 0) is 6.07 Å². The molecule has 1 aromatic heterocycles. The van der Waals surface area contributed by atoms with Crippen molar-refractivity contribution in [1.82, 2.24) is 4.98 Å². The molecule has 2 rings (SSSR count). The zero-order valence-electron chi connectivity index (χ0n) is 8.74. The fourth-order valence-corrected chi connectivity index (χ4v) is 1.61. The fourth-order valence-electron chi connectivity index (χ4n) is 1.45. The van der Waals surface area contributed by atoms with E-state index in [0.717, 1.165) is 5.01 Å². The van der Waals surface area contributed by atoms with Crippen LogP contribution in [0.4, 0.5) is 14.6 Å². The smallest absolute Gasteiger partial charge is 0.252 e. The van der Waals surface area contributed by atoms with Crippen molar-refractivity contribution < 1.29 is 13.6 Å². The molecule has 0 aliphatic heterocycles. The van der Waals surface area contributed by atoms with Gasteiger partial charge >= 0.3 is 0 Å². The molecule has 0 saturated heterocycles. The van der Waals surface area contributed by atoms with Crippen molar-refractivity contribution >= 4 is 23.3 Å². The SMILES string of the molecule is NN(C(=O)CC1CC1(F)F)c1cc(Cl)ccn1. The van der Waals surface area contributed by atoms with Crippen molar-refractivity contribution in [3.63, 3.8) is 0 Å². The second-order valence-electron chi connectivity index (χ2n) is 3.96. The Morgan fingerprint density at radius 2 is 2.35 bits per heavy atom. The molecule has 1 heterocycles. The first kappa shape index (κ1) is 12.2. The van der Waals surface area contributed by atoms with Crippen molar-refractivity contribution in [3.05, 3.63) is 23.4 Å². The maximum atomic E-state index is 12.6. The van der Waals surface area contributed by atoms with Crippen LogP contribution in [0.5, 0.6) is 0 Å². The number of hydrogen-bond donors (Lipinski definition) is 1. The van der Waals surface area contributed by atoms with Gasteiger partial charge in [0.05, 0.1) is 0 Å². The van der Waals surface area contributed by atoms with Crippen LogP contribution in [-0.4, -0.2) is 16.8 Å². The molecule has 1 aliphatic rings. The molecule has 17 heavy (non-hydrogen) atoms. The standard InChI is InChI=1S/C10H10ClF2N3O/c11-7-1-2-15-8(4-7)16(14)9(17)3-6-5-10(6,12)13/h1-2,4,6H,3,5,14H2. The van der Waals surface area contributed by atoms with Gasteiger partial charge < -0.3 is 0 Å². The predicted molar refractivity (Wildman–Crippen MR) is 58.6 cm³/mol. The Labute approximate surface area is 101 Å². The van der Waals surface area contributed by atoms with Crippen molar-refractivity contribution in [2.24, 2.45) is 11.8 Å². The number of amides is 1. The first-order valence-electron chi connectivity index (χ1n) is 4.97. The van der Waals surface area contributed by atoms with Crippen LogP contribution in [0.25, 0.3) is 0 Å². The van der Waals surface area contributed by atoms with Crippen LogP contribution in [0.3, 0.4) is 0 Å². The Kier molecular flexibility index (Phi) is 3.01.